The number of ether oxygens (including phenoxy) is 1. The van der Waals surface area contributed by atoms with E-state index in [-0.39, 0.29) is 18.4 Å². The minimum Gasteiger partial charge on any atom is -0.479 e. The molecule has 0 aliphatic heterocycles. The van der Waals surface area contributed by atoms with Crippen LogP contribution >= 0.6 is 0 Å². The van der Waals surface area contributed by atoms with E-state index in [1.165, 1.54) is 4.90 Å². The number of alkyl carbamates (subject to hydrolysis) is 1. The highest BCUT2D eigenvalue weighted by Gasteiger charge is 2.58. The molecule has 7 nitrogen and oxygen atoms in total. The summed E-state index contributed by atoms with van der Waals surface area (Å²) in [7, 11) is 1.54. The third-order valence-electron chi connectivity index (χ3n) is 7.62. The maximum atomic E-state index is 13.2. The van der Waals surface area contributed by atoms with Gasteiger partial charge >= 0.3 is 12.1 Å². The first-order valence-corrected chi connectivity index (χ1v) is 11.5. The van der Waals surface area contributed by atoms with E-state index in [1.807, 2.05) is 24.3 Å². The molecule has 3 aliphatic rings. The third-order valence-corrected chi connectivity index (χ3v) is 7.62. The Kier molecular flexibility index (Phi) is 5.15. The number of nitrogens with zero attached hydrogens (tertiary/aromatic N) is 1. The molecule has 0 atom stereocenters. The van der Waals surface area contributed by atoms with Gasteiger partial charge in [0, 0.05) is 13.0 Å². The van der Waals surface area contributed by atoms with Gasteiger partial charge in [-0.3, -0.25) is 4.79 Å². The number of likely N-dealkylation sites (N-methyl/N-ethyl adjacent to an activating group) is 1. The van der Waals surface area contributed by atoms with Crippen molar-refractivity contribution in [3.8, 4) is 11.1 Å². The normalized spacial score (nSPS) is 19.3. The van der Waals surface area contributed by atoms with E-state index in [1.54, 1.807) is 7.05 Å². The lowest BCUT2D eigenvalue weighted by molar-refractivity contribution is -0.158. The van der Waals surface area contributed by atoms with Crippen LogP contribution in [0.3, 0.4) is 0 Å². The minimum absolute atomic E-state index is 0.0644. The van der Waals surface area contributed by atoms with Crippen molar-refractivity contribution in [2.24, 2.45) is 0 Å². The smallest absolute Gasteiger partial charge is 0.408 e. The molecule has 0 spiro atoms. The van der Waals surface area contributed by atoms with Gasteiger partial charge in [0.2, 0.25) is 5.91 Å². The van der Waals surface area contributed by atoms with Crippen LogP contribution < -0.4 is 5.32 Å². The third kappa shape index (κ3) is 3.46. The zero-order valence-electron chi connectivity index (χ0n) is 18.7. The van der Waals surface area contributed by atoms with E-state index >= 15 is 0 Å². The molecule has 0 heterocycles. The maximum Gasteiger partial charge on any atom is 0.408 e. The van der Waals surface area contributed by atoms with Crippen molar-refractivity contribution in [2.75, 3.05) is 13.7 Å². The highest BCUT2D eigenvalue weighted by atomic mass is 16.5. The second-order valence-corrected chi connectivity index (χ2v) is 9.44. The first-order valence-electron chi connectivity index (χ1n) is 11.5. The predicted molar refractivity (Wildman–Crippen MR) is 122 cm³/mol. The number of carbonyl (C=O) groups is 3. The summed E-state index contributed by atoms with van der Waals surface area (Å²) in [6, 6.07) is 16.2. The van der Waals surface area contributed by atoms with Crippen LogP contribution in [0.1, 0.15) is 55.6 Å². The molecule has 2 saturated carbocycles. The summed E-state index contributed by atoms with van der Waals surface area (Å²) < 4.78 is 5.61. The Balaban J connectivity index is 1.26. The Morgan fingerprint density at radius 3 is 2.03 bits per heavy atom. The van der Waals surface area contributed by atoms with E-state index in [2.05, 4.69) is 29.6 Å². The molecule has 0 saturated heterocycles. The van der Waals surface area contributed by atoms with Gasteiger partial charge in [0.25, 0.3) is 0 Å². The van der Waals surface area contributed by atoms with Gasteiger partial charge in [-0.15, -0.1) is 0 Å². The number of nitrogens with one attached hydrogen (secondary N) is 1. The number of hydrogen-bond donors (Lipinski definition) is 2. The number of benzene rings is 2. The van der Waals surface area contributed by atoms with Gasteiger partial charge in [-0.25, -0.2) is 9.59 Å². The van der Waals surface area contributed by atoms with E-state index in [4.69, 9.17) is 4.74 Å². The average Bonchev–Trinajstić information content (AvgIpc) is 3.29. The molecular formula is C26H28N2O5. The first kappa shape index (κ1) is 21.5. The number of carboxylic acids is 1. The molecular weight excluding hydrogens is 420 g/mol. The van der Waals surface area contributed by atoms with Crippen LogP contribution in [0, 0.1) is 0 Å². The molecule has 5 rings (SSSR count). The summed E-state index contributed by atoms with van der Waals surface area (Å²) in [6.07, 6.45) is 2.74. The number of rotatable bonds is 6. The van der Waals surface area contributed by atoms with Crippen LogP contribution in [0.4, 0.5) is 4.79 Å². The second-order valence-electron chi connectivity index (χ2n) is 9.44. The summed E-state index contributed by atoms with van der Waals surface area (Å²) in [5, 5.41) is 12.6. The summed E-state index contributed by atoms with van der Waals surface area (Å²) in [5.41, 5.74) is 2.28. The van der Waals surface area contributed by atoms with Gasteiger partial charge in [0.05, 0.1) is 0 Å². The van der Waals surface area contributed by atoms with Crippen molar-refractivity contribution in [3.63, 3.8) is 0 Å². The van der Waals surface area contributed by atoms with Crippen molar-refractivity contribution in [3.05, 3.63) is 59.7 Å². The molecule has 7 heteroatoms. The summed E-state index contributed by atoms with van der Waals surface area (Å²) in [6.45, 7) is 0.166. The highest BCUT2D eigenvalue weighted by molar-refractivity contribution is 5.96. The fraction of sp³-hybridized carbons (Fsp3) is 0.423. The van der Waals surface area contributed by atoms with Crippen molar-refractivity contribution in [1.29, 1.82) is 0 Å². The van der Waals surface area contributed by atoms with E-state index in [0.717, 1.165) is 35.1 Å². The minimum atomic E-state index is -1.18. The number of carbonyl (C=O) groups excluding carboxylic acids is 2. The van der Waals surface area contributed by atoms with Gasteiger partial charge in [-0.2, -0.15) is 0 Å². The lowest BCUT2D eigenvalue weighted by Gasteiger charge is -2.37. The number of carboxylic acid groups (broad SMARTS) is 1. The fourth-order valence-corrected chi connectivity index (χ4v) is 5.52. The summed E-state index contributed by atoms with van der Waals surface area (Å²) in [4.78, 5) is 39.3. The molecule has 0 bridgehead atoms. The van der Waals surface area contributed by atoms with Crippen LogP contribution in [0.25, 0.3) is 11.1 Å². The predicted octanol–water partition coefficient (Wildman–Crippen LogP) is 3.91. The van der Waals surface area contributed by atoms with E-state index in [0.29, 0.717) is 25.7 Å². The maximum absolute atomic E-state index is 13.2. The van der Waals surface area contributed by atoms with Crippen LogP contribution in [0.15, 0.2) is 48.5 Å². The Hall–Kier alpha value is -3.35. The first-order chi connectivity index (χ1) is 15.9. The molecule has 0 radical (unpaired) electrons. The molecule has 172 valence electrons. The monoisotopic (exact) mass is 448 g/mol. The molecule has 33 heavy (non-hydrogen) atoms. The van der Waals surface area contributed by atoms with Gasteiger partial charge in [-0.05, 0) is 47.9 Å². The molecule has 2 fully saturated rings. The van der Waals surface area contributed by atoms with Crippen LogP contribution in [0.5, 0.6) is 0 Å². The standard InChI is InChI=1S/C26H28N2O5/c1-28(26(23(30)31)12-6-7-13-26)22(29)25(14-15-25)27-24(32)33-16-21-19-10-4-2-8-17(19)18-9-3-5-11-20(18)21/h2-5,8-11,21H,6-7,12-16H2,1H3,(H,27,32)(H,30,31). The van der Waals surface area contributed by atoms with E-state index in [9.17, 15) is 19.5 Å². The molecule has 0 unspecified atom stereocenters. The lowest BCUT2D eigenvalue weighted by Crippen LogP contribution is -2.59. The molecule has 0 aromatic heterocycles. The number of amides is 2. The Morgan fingerprint density at radius 1 is 0.970 bits per heavy atom. The quantitative estimate of drug-likeness (QED) is 0.699. The topological polar surface area (TPSA) is 95.9 Å². The van der Waals surface area contributed by atoms with Gasteiger partial charge < -0.3 is 20.1 Å². The van der Waals surface area contributed by atoms with Crippen molar-refractivity contribution in [1.82, 2.24) is 10.2 Å². The molecule has 2 amide bonds. The SMILES string of the molecule is CN(C(=O)C1(NC(=O)OCC2c3ccccc3-c3ccccc32)CC1)C1(C(=O)O)CCCC1. The van der Waals surface area contributed by atoms with Crippen molar-refractivity contribution in [2.45, 2.75) is 55.5 Å². The van der Waals surface area contributed by atoms with Crippen LogP contribution in [-0.2, 0) is 14.3 Å². The Bertz CT molecular complexity index is 1070. The number of hydrogen-bond acceptors (Lipinski definition) is 4. The zero-order valence-corrected chi connectivity index (χ0v) is 18.7. The average molecular weight is 449 g/mol. The Morgan fingerprint density at radius 2 is 1.52 bits per heavy atom. The lowest BCUT2D eigenvalue weighted by atomic mass is 9.94. The molecule has 2 aromatic carbocycles. The highest BCUT2D eigenvalue weighted by Crippen LogP contribution is 2.45. The molecule has 2 aromatic rings. The van der Waals surface area contributed by atoms with Crippen LogP contribution in [0.2, 0.25) is 0 Å². The number of aliphatic carboxylic acids is 1. The summed E-state index contributed by atoms with van der Waals surface area (Å²) >= 11 is 0. The zero-order chi connectivity index (χ0) is 23.2. The van der Waals surface area contributed by atoms with E-state index < -0.39 is 23.1 Å². The Labute approximate surface area is 192 Å². The van der Waals surface area contributed by atoms with Crippen molar-refractivity contribution >= 4 is 18.0 Å². The number of fused-ring (bicyclic) bond motifs is 3. The van der Waals surface area contributed by atoms with Gasteiger partial charge in [0.1, 0.15) is 17.7 Å². The fourth-order valence-electron chi connectivity index (χ4n) is 5.52. The second kappa shape index (κ2) is 7.90. The van der Waals surface area contributed by atoms with Crippen LogP contribution in [-0.4, -0.2) is 52.7 Å². The summed E-state index contributed by atoms with van der Waals surface area (Å²) in [5.74, 6) is -1.39. The van der Waals surface area contributed by atoms with Gasteiger partial charge in [-0.1, -0.05) is 61.4 Å². The van der Waals surface area contributed by atoms with Crippen molar-refractivity contribution < 1.29 is 24.2 Å². The molecule has 2 N–H and O–H groups in total. The van der Waals surface area contributed by atoms with Gasteiger partial charge in [0.15, 0.2) is 0 Å². The largest absolute Gasteiger partial charge is 0.479 e. The molecule has 3 aliphatic carbocycles.